The summed E-state index contributed by atoms with van der Waals surface area (Å²) in [5, 5.41) is 9.02. The molecule has 4 atom stereocenters. The molecule has 152 valence electrons. The Morgan fingerprint density at radius 2 is 2.21 bits per heavy atom. The highest BCUT2D eigenvalue weighted by Gasteiger charge is 2.64. The Morgan fingerprint density at radius 1 is 1.32 bits per heavy atom. The average Bonchev–Trinajstić information content (AvgIpc) is 3.06. The van der Waals surface area contributed by atoms with Crippen molar-refractivity contribution in [3.63, 3.8) is 0 Å². The number of likely N-dealkylation sites (N-methyl/N-ethyl adjacent to an activating group) is 1. The summed E-state index contributed by atoms with van der Waals surface area (Å²) in [6.45, 7) is 1.46. The quantitative estimate of drug-likeness (QED) is 0.599. The van der Waals surface area contributed by atoms with Gasteiger partial charge in [-0.2, -0.15) is 0 Å². The van der Waals surface area contributed by atoms with Gasteiger partial charge >= 0.3 is 0 Å². The molecule has 0 amide bonds. The molecule has 2 bridgehead atoms. The fraction of sp³-hybridized carbons (Fsp3) is 0.667. The Labute approximate surface area is 168 Å². The second kappa shape index (κ2) is 7.07. The van der Waals surface area contributed by atoms with E-state index in [9.17, 15) is 0 Å². The van der Waals surface area contributed by atoms with Crippen LogP contribution in [0.2, 0.25) is 0 Å². The van der Waals surface area contributed by atoms with E-state index in [1.165, 1.54) is 29.5 Å². The molecule has 1 aromatic carbocycles. The monoisotopic (exact) mass is 383 g/mol. The lowest BCUT2D eigenvalue weighted by molar-refractivity contribution is -0.0218. The zero-order valence-corrected chi connectivity index (χ0v) is 17.2. The van der Waals surface area contributed by atoms with Crippen molar-refractivity contribution in [1.82, 2.24) is 4.90 Å². The largest absolute Gasteiger partial charge is 0.493 e. The summed E-state index contributed by atoms with van der Waals surface area (Å²) in [5.74, 6) is 2.62. The van der Waals surface area contributed by atoms with Crippen LogP contribution in [0, 0.1) is 5.92 Å². The Bertz CT molecular complexity index is 788. The lowest BCUT2D eigenvalue weighted by Crippen LogP contribution is -2.63. The third-order valence-corrected chi connectivity index (χ3v) is 7.95. The maximum atomic E-state index is 9.02. The minimum Gasteiger partial charge on any atom is -0.493 e. The second-order valence-electron chi connectivity index (χ2n) is 9.17. The molecule has 1 saturated heterocycles. The number of nitrogens with zero attached hydrogens (tertiary/aromatic N) is 1. The number of aliphatic hydroxyl groups is 1. The number of piperidine rings is 1. The van der Waals surface area contributed by atoms with E-state index in [-0.39, 0.29) is 11.5 Å². The van der Waals surface area contributed by atoms with Gasteiger partial charge in [0.1, 0.15) is 6.10 Å². The van der Waals surface area contributed by atoms with Crippen LogP contribution in [0.1, 0.15) is 56.1 Å². The lowest BCUT2D eigenvalue weighted by atomic mass is 9.51. The maximum absolute atomic E-state index is 9.02. The first-order valence-corrected chi connectivity index (χ1v) is 11.1. The summed E-state index contributed by atoms with van der Waals surface area (Å²) in [5.41, 5.74) is 4.62. The van der Waals surface area contributed by atoms with Crippen LogP contribution in [0.3, 0.4) is 0 Å². The van der Waals surface area contributed by atoms with Crippen LogP contribution in [-0.2, 0) is 11.8 Å². The fourth-order valence-corrected chi connectivity index (χ4v) is 6.68. The summed E-state index contributed by atoms with van der Waals surface area (Å²) < 4.78 is 12.5. The number of benzene rings is 1. The molecule has 1 saturated carbocycles. The van der Waals surface area contributed by atoms with Crippen molar-refractivity contribution in [3.8, 4) is 11.5 Å². The van der Waals surface area contributed by atoms with E-state index in [0.717, 1.165) is 56.6 Å². The zero-order valence-electron chi connectivity index (χ0n) is 17.2. The molecule has 28 heavy (non-hydrogen) atoms. The van der Waals surface area contributed by atoms with Crippen molar-refractivity contribution in [3.05, 3.63) is 34.9 Å². The normalized spacial score (nSPS) is 34.2. The van der Waals surface area contributed by atoms with Crippen LogP contribution in [0.15, 0.2) is 23.8 Å². The third kappa shape index (κ3) is 2.50. The van der Waals surface area contributed by atoms with Gasteiger partial charge in [0.2, 0.25) is 0 Å². The van der Waals surface area contributed by atoms with E-state index in [1.807, 2.05) is 0 Å². The van der Waals surface area contributed by atoms with Gasteiger partial charge in [-0.25, -0.2) is 0 Å². The standard InChI is InChI=1S/C24H33NO3/c1-25-13-12-24-18-10-8-16(7-5-3-4-6-14-26)23(24)28-22-20(27-2)11-9-17(21(22)24)15-19(18)25/h7,9,11,18-19,23,26H,3-6,8,10,12-15H2,1-2H3/b16-7+/t18-,19+,23-,24-/m0/s1. The summed E-state index contributed by atoms with van der Waals surface area (Å²) in [7, 11) is 4.07. The predicted octanol–water partition coefficient (Wildman–Crippen LogP) is 3.84. The number of rotatable bonds is 6. The summed E-state index contributed by atoms with van der Waals surface area (Å²) >= 11 is 0. The number of methoxy groups -OCH3 is 1. The molecule has 4 heteroatoms. The SMILES string of the molecule is COc1ccc2c3c1O[C@H]1/C(=C/CCCCCO)CC[C@H]4[C@@H](C2)N(C)CC[C@]314. The first kappa shape index (κ1) is 18.5. The maximum Gasteiger partial charge on any atom is 0.166 e. The van der Waals surface area contributed by atoms with Gasteiger partial charge in [-0.1, -0.05) is 18.6 Å². The molecule has 2 aliphatic carbocycles. The van der Waals surface area contributed by atoms with Gasteiger partial charge in [0.25, 0.3) is 0 Å². The molecule has 4 aliphatic rings. The predicted molar refractivity (Wildman–Crippen MR) is 110 cm³/mol. The molecular formula is C24H33NO3. The molecule has 1 aromatic rings. The molecule has 2 aliphatic heterocycles. The number of unbranched alkanes of at least 4 members (excludes halogenated alkanes) is 3. The summed E-state index contributed by atoms with van der Waals surface area (Å²) in [6, 6.07) is 5.04. The number of aliphatic hydroxyl groups excluding tert-OH is 1. The first-order chi connectivity index (χ1) is 13.7. The van der Waals surface area contributed by atoms with Gasteiger partial charge in [-0.15, -0.1) is 0 Å². The third-order valence-electron chi connectivity index (χ3n) is 7.95. The average molecular weight is 384 g/mol. The summed E-state index contributed by atoms with van der Waals surface area (Å²) in [4.78, 5) is 2.60. The van der Waals surface area contributed by atoms with E-state index >= 15 is 0 Å². The first-order valence-electron chi connectivity index (χ1n) is 11.1. The minimum atomic E-state index is 0.143. The second-order valence-corrected chi connectivity index (χ2v) is 9.17. The van der Waals surface area contributed by atoms with Crippen LogP contribution in [0.4, 0.5) is 0 Å². The molecule has 2 fully saturated rings. The number of hydrogen-bond acceptors (Lipinski definition) is 4. The molecule has 0 aromatic heterocycles. The molecule has 0 unspecified atom stereocenters. The van der Waals surface area contributed by atoms with Gasteiger partial charge in [-0.05, 0) is 81.7 Å². The van der Waals surface area contributed by atoms with Crippen molar-refractivity contribution < 1.29 is 14.6 Å². The Hall–Kier alpha value is -1.52. The smallest absolute Gasteiger partial charge is 0.166 e. The van der Waals surface area contributed by atoms with Crippen molar-refractivity contribution in [2.24, 2.45) is 5.92 Å². The van der Waals surface area contributed by atoms with Crippen molar-refractivity contribution in [1.29, 1.82) is 0 Å². The van der Waals surface area contributed by atoms with Crippen molar-refractivity contribution >= 4 is 0 Å². The van der Waals surface area contributed by atoms with Crippen LogP contribution < -0.4 is 9.47 Å². The minimum absolute atomic E-state index is 0.143. The number of allylic oxidation sites excluding steroid dienone is 1. The zero-order chi connectivity index (χ0) is 19.3. The molecule has 1 N–H and O–H groups in total. The lowest BCUT2D eigenvalue weighted by Gasteiger charge is -2.58. The molecule has 5 rings (SSSR count). The molecular weight excluding hydrogens is 350 g/mol. The van der Waals surface area contributed by atoms with Gasteiger partial charge < -0.3 is 19.5 Å². The molecule has 4 nitrogen and oxygen atoms in total. The number of ether oxygens (including phenoxy) is 2. The fourth-order valence-electron chi connectivity index (χ4n) is 6.68. The Balaban J connectivity index is 1.55. The van der Waals surface area contributed by atoms with E-state index < -0.39 is 0 Å². The van der Waals surface area contributed by atoms with Crippen molar-refractivity contribution in [2.75, 3.05) is 27.3 Å². The number of likely N-dealkylation sites (tertiary alicyclic amines) is 1. The van der Waals surface area contributed by atoms with Gasteiger partial charge in [0, 0.05) is 23.6 Å². The topological polar surface area (TPSA) is 41.9 Å². The Kier molecular flexibility index (Phi) is 4.67. The van der Waals surface area contributed by atoms with E-state index in [1.54, 1.807) is 7.11 Å². The molecule has 0 radical (unpaired) electrons. The van der Waals surface area contributed by atoms with Gasteiger partial charge in [-0.3, -0.25) is 0 Å². The highest BCUT2D eigenvalue weighted by atomic mass is 16.5. The Morgan fingerprint density at radius 3 is 3.04 bits per heavy atom. The van der Waals surface area contributed by atoms with E-state index in [4.69, 9.17) is 14.6 Å². The molecule has 1 spiro atoms. The highest BCUT2D eigenvalue weighted by Crippen LogP contribution is 2.64. The summed E-state index contributed by atoms with van der Waals surface area (Å²) in [6.07, 6.45) is 11.7. The van der Waals surface area contributed by atoms with Gasteiger partial charge in [0.05, 0.1) is 7.11 Å². The number of hydrogen-bond donors (Lipinski definition) is 1. The van der Waals surface area contributed by atoms with Gasteiger partial charge in [0.15, 0.2) is 11.5 Å². The van der Waals surface area contributed by atoms with Crippen molar-refractivity contribution in [2.45, 2.75) is 68.9 Å². The van der Waals surface area contributed by atoms with Crippen LogP contribution in [0.25, 0.3) is 0 Å². The highest BCUT2D eigenvalue weighted by molar-refractivity contribution is 5.62. The van der Waals surface area contributed by atoms with E-state index in [0.29, 0.717) is 18.6 Å². The van der Waals surface area contributed by atoms with Crippen LogP contribution >= 0.6 is 0 Å². The molecule has 2 heterocycles. The van der Waals surface area contributed by atoms with E-state index in [2.05, 4.69) is 30.2 Å². The van der Waals surface area contributed by atoms with Crippen LogP contribution in [0.5, 0.6) is 11.5 Å². The van der Waals surface area contributed by atoms with Crippen LogP contribution in [-0.4, -0.2) is 49.5 Å².